The first-order chi connectivity index (χ1) is 13.3. The van der Waals surface area contributed by atoms with E-state index in [4.69, 9.17) is 4.52 Å². The van der Waals surface area contributed by atoms with Crippen LogP contribution in [0.5, 0.6) is 0 Å². The first-order valence-corrected chi connectivity index (χ1v) is 10.1. The lowest BCUT2D eigenvalue weighted by Crippen LogP contribution is -2.55. The summed E-state index contributed by atoms with van der Waals surface area (Å²) in [4.78, 5) is 29.1. The van der Waals surface area contributed by atoms with E-state index in [1.54, 1.807) is 29.8 Å². The van der Waals surface area contributed by atoms with Gasteiger partial charge < -0.3 is 9.42 Å². The Balaban J connectivity index is 1.29. The summed E-state index contributed by atoms with van der Waals surface area (Å²) < 4.78 is 5.40. The van der Waals surface area contributed by atoms with Crippen molar-refractivity contribution < 1.29 is 9.32 Å². The Morgan fingerprint density at radius 1 is 1.15 bits per heavy atom. The molecule has 1 aliphatic heterocycles. The molecule has 2 fully saturated rings. The molecule has 3 aromatic rings. The van der Waals surface area contributed by atoms with Crippen LogP contribution in [-0.4, -0.2) is 44.0 Å². The molecule has 0 aromatic carbocycles. The van der Waals surface area contributed by atoms with Crippen LogP contribution in [0.2, 0.25) is 0 Å². The summed E-state index contributed by atoms with van der Waals surface area (Å²) in [6.07, 6.45) is 7.42. The molecule has 1 saturated carbocycles. The van der Waals surface area contributed by atoms with Crippen LogP contribution in [0.15, 0.2) is 40.5 Å². The SMILES string of the molecule is O=C(N1CC(c2nc(-c3ncccn3)no2)C1)C1(c2cccs2)CCCC1. The van der Waals surface area contributed by atoms with Gasteiger partial charge in [-0.05, 0) is 30.4 Å². The zero-order valence-electron chi connectivity index (χ0n) is 14.7. The minimum Gasteiger partial charge on any atom is -0.340 e. The van der Waals surface area contributed by atoms with E-state index in [1.165, 1.54) is 4.88 Å². The molecule has 2 aliphatic rings. The number of carbonyl (C=O) groups excluding carboxylic acids is 1. The van der Waals surface area contributed by atoms with E-state index < -0.39 is 0 Å². The molecule has 0 atom stereocenters. The summed E-state index contributed by atoms with van der Waals surface area (Å²) in [5.74, 6) is 1.73. The molecule has 4 heterocycles. The number of nitrogens with zero attached hydrogens (tertiary/aromatic N) is 5. The standard InChI is InChI=1S/C19H19N5O2S/c25-18(19(6-1-2-7-19)14-5-3-10-27-14)24-11-13(12-24)17-22-16(23-26-17)15-20-8-4-9-21-15/h3-5,8-10,13H,1-2,6-7,11-12H2. The Morgan fingerprint density at radius 3 is 2.63 bits per heavy atom. The fraction of sp³-hybridized carbons (Fsp3) is 0.421. The van der Waals surface area contributed by atoms with Crippen LogP contribution in [0.1, 0.15) is 42.4 Å². The van der Waals surface area contributed by atoms with Crippen LogP contribution in [0.4, 0.5) is 0 Å². The van der Waals surface area contributed by atoms with Gasteiger partial charge in [-0.3, -0.25) is 4.79 Å². The Bertz CT molecular complexity index is 928. The molecule has 0 N–H and O–H groups in total. The maximum absolute atomic E-state index is 13.3. The van der Waals surface area contributed by atoms with Gasteiger partial charge in [0.25, 0.3) is 0 Å². The zero-order chi connectivity index (χ0) is 18.3. The number of hydrogen-bond donors (Lipinski definition) is 0. The second-order valence-electron chi connectivity index (χ2n) is 7.20. The zero-order valence-corrected chi connectivity index (χ0v) is 15.6. The van der Waals surface area contributed by atoms with Gasteiger partial charge in [0, 0.05) is 30.4 Å². The number of amides is 1. The van der Waals surface area contributed by atoms with Gasteiger partial charge in [-0.15, -0.1) is 11.3 Å². The Morgan fingerprint density at radius 2 is 1.93 bits per heavy atom. The molecule has 1 saturated heterocycles. The fourth-order valence-electron chi connectivity index (χ4n) is 4.10. The Hall–Kier alpha value is -2.61. The van der Waals surface area contributed by atoms with Crippen molar-refractivity contribution in [1.82, 2.24) is 25.0 Å². The predicted octanol–water partition coefficient (Wildman–Crippen LogP) is 3.03. The highest BCUT2D eigenvalue weighted by molar-refractivity contribution is 7.10. The van der Waals surface area contributed by atoms with Crippen molar-refractivity contribution in [1.29, 1.82) is 0 Å². The monoisotopic (exact) mass is 381 g/mol. The maximum atomic E-state index is 13.3. The largest absolute Gasteiger partial charge is 0.340 e. The van der Waals surface area contributed by atoms with Crippen LogP contribution in [0.25, 0.3) is 11.6 Å². The second kappa shape index (κ2) is 6.53. The number of aromatic nitrogens is 4. The molecule has 138 valence electrons. The number of rotatable bonds is 4. The Labute approximate surface area is 160 Å². The molecule has 1 aliphatic carbocycles. The Kier molecular flexibility index (Phi) is 4.00. The van der Waals surface area contributed by atoms with E-state index >= 15 is 0 Å². The lowest BCUT2D eigenvalue weighted by Gasteiger charge is -2.42. The molecule has 0 bridgehead atoms. The van der Waals surface area contributed by atoms with E-state index in [1.807, 2.05) is 11.0 Å². The van der Waals surface area contributed by atoms with Crippen molar-refractivity contribution in [3.63, 3.8) is 0 Å². The third-order valence-corrected chi connectivity index (χ3v) is 6.66. The van der Waals surface area contributed by atoms with Gasteiger partial charge in [0.15, 0.2) is 0 Å². The van der Waals surface area contributed by atoms with Gasteiger partial charge in [0.05, 0.1) is 11.3 Å². The van der Waals surface area contributed by atoms with Gasteiger partial charge in [-0.25, -0.2) is 9.97 Å². The molecular weight excluding hydrogens is 362 g/mol. The summed E-state index contributed by atoms with van der Waals surface area (Å²) in [5.41, 5.74) is -0.322. The highest BCUT2D eigenvalue weighted by Crippen LogP contribution is 2.46. The van der Waals surface area contributed by atoms with E-state index in [2.05, 4.69) is 31.6 Å². The quantitative estimate of drug-likeness (QED) is 0.691. The summed E-state index contributed by atoms with van der Waals surface area (Å²) in [6.45, 7) is 1.26. The van der Waals surface area contributed by atoms with Crippen LogP contribution >= 0.6 is 11.3 Å². The van der Waals surface area contributed by atoms with Gasteiger partial charge in [-0.2, -0.15) is 4.98 Å². The first kappa shape index (κ1) is 16.6. The molecule has 0 unspecified atom stereocenters. The van der Waals surface area contributed by atoms with Crippen LogP contribution in [0.3, 0.4) is 0 Å². The van der Waals surface area contributed by atoms with Crippen molar-refractivity contribution in [2.45, 2.75) is 37.0 Å². The van der Waals surface area contributed by atoms with Crippen molar-refractivity contribution >= 4 is 17.2 Å². The number of likely N-dealkylation sites (tertiary alicyclic amines) is 1. The van der Waals surface area contributed by atoms with Crippen molar-refractivity contribution in [3.8, 4) is 11.6 Å². The summed E-state index contributed by atoms with van der Waals surface area (Å²) >= 11 is 1.70. The van der Waals surface area contributed by atoms with E-state index in [9.17, 15) is 4.79 Å². The smallest absolute Gasteiger partial charge is 0.240 e. The normalized spacial score (nSPS) is 19.2. The molecular formula is C19H19N5O2S. The average Bonchev–Trinajstić information content (AvgIpc) is 3.41. The van der Waals surface area contributed by atoms with Gasteiger partial charge in [0.2, 0.25) is 23.4 Å². The van der Waals surface area contributed by atoms with E-state index in [-0.39, 0.29) is 17.2 Å². The molecule has 8 heteroatoms. The number of thiophene rings is 1. The molecule has 0 spiro atoms. The molecule has 5 rings (SSSR count). The minimum absolute atomic E-state index is 0.0840. The predicted molar refractivity (Wildman–Crippen MR) is 99.1 cm³/mol. The highest BCUT2D eigenvalue weighted by atomic mass is 32.1. The van der Waals surface area contributed by atoms with Crippen LogP contribution in [-0.2, 0) is 10.2 Å². The third kappa shape index (κ3) is 2.75. The fourth-order valence-corrected chi connectivity index (χ4v) is 5.08. The van der Waals surface area contributed by atoms with Gasteiger partial charge in [-0.1, -0.05) is 24.1 Å². The van der Waals surface area contributed by atoms with Crippen LogP contribution < -0.4 is 0 Å². The molecule has 7 nitrogen and oxygen atoms in total. The highest BCUT2D eigenvalue weighted by Gasteiger charge is 2.49. The number of carbonyl (C=O) groups is 1. The lowest BCUT2D eigenvalue weighted by molar-refractivity contribution is -0.142. The molecule has 0 radical (unpaired) electrons. The second-order valence-corrected chi connectivity index (χ2v) is 8.15. The molecule has 1 amide bonds. The summed E-state index contributed by atoms with van der Waals surface area (Å²) in [5, 5.41) is 6.04. The number of hydrogen-bond acceptors (Lipinski definition) is 7. The van der Waals surface area contributed by atoms with E-state index in [0.29, 0.717) is 30.6 Å². The third-order valence-electron chi connectivity index (χ3n) is 5.58. The summed E-state index contributed by atoms with van der Waals surface area (Å²) in [7, 11) is 0. The molecule has 27 heavy (non-hydrogen) atoms. The van der Waals surface area contributed by atoms with Crippen LogP contribution in [0, 0.1) is 0 Å². The van der Waals surface area contributed by atoms with Crippen molar-refractivity contribution in [3.05, 3.63) is 46.7 Å². The maximum Gasteiger partial charge on any atom is 0.240 e. The molecule has 3 aromatic heterocycles. The van der Waals surface area contributed by atoms with Gasteiger partial charge >= 0.3 is 0 Å². The first-order valence-electron chi connectivity index (χ1n) is 9.21. The average molecular weight is 381 g/mol. The topological polar surface area (TPSA) is 85.0 Å². The minimum atomic E-state index is -0.322. The van der Waals surface area contributed by atoms with Crippen molar-refractivity contribution in [2.75, 3.05) is 13.1 Å². The lowest BCUT2D eigenvalue weighted by atomic mass is 9.81. The van der Waals surface area contributed by atoms with Crippen molar-refractivity contribution in [2.24, 2.45) is 0 Å². The van der Waals surface area contributed by atoms with E-state index in [0.717, 1.165) is 25.7 Å². The van der Waals surface area contributed by atoms with Gasteiger partial charge in [0.1, 0.15) is 0 Å². The summed E-state index contributed by atoms with van der Waals surface area (Å²) in [6, 6.07) is 5.89.